The van der Waals surface area contributed by atoms with E-state index in [1.165, 1.54) is 0 Å². The van der Waals surface area contributed by atoms with Gasteiger partial charge >= 0.3 is 0 Å². The average molecular weight is 232 g/mol. The zero-order chi connectivity index (χ0) is 12.4. The maximum absolute atomic E-state index is 4.49. The van der Waals surface area contributed by atoms with E-state index in [0.717, 1.165) is 23.1 Å². The number of nitrogens with one attached hydrogen (secondary N) is 1. The number of hydrogen-bond donors (Lipinski definition) is 1. The summed E-state index contributed by atoms with van der Waals surface area (Å²) in [6.45, 7) is 8.56. The summed E-state index contributed by atoms with van der Waals surface area (Å²) in [5, 5.41) is 8.87. The number of anilines is 1. The highest BCUT2D eigenvalue weighted by Gasteiger charge is 2.08. The fraction of sp³-hybridized carbons (Fsp3) is 0.538. The first-order chi connectivity index (χ1) is 8.11. The molecule has 1 N–H and O–H groups in total. The summed E-state index contributed by atoms with van der Waals surface area (Å²) in [6.07, 6.45) is 4.86. The van der Waals surface area contributed by atoms with Crippen molar-refractivity contribution in [2.24, 2.45) is 0 Å². The lowest BCUT2D eigenvalue weighted by atomic mass is 10.2. The molecule has 0 aliphatic heterocycles. The van der Waals surface area contributed by atoms with Crippen LogP contribution in [-0.4, -0.2) is 20.8 Å². The summed E-state index contributed by atoms with van der Waals surface area (Å²) in [4.78, 5) is 4.49. The molecule has 2 aromatic rings. The summed E-state index contributed by atoms with van der Waals surface area (Å²) in [5.74, 6) is 0. The zero-order valence-corrected chi connectivity index (χ0v) is 10.9. The first-order valence-corrected chi connectivity index (χ1v) is 6.21. The van der Waals surface area contributed by atoms with E-state index in [-0.39, 0.29) is 0 Å². The molecule has 4 nitrogen and oxygen atoms in total. The third-order valence-corrected chi connectivity index (χ3v) is 2.95. The van der Waals surface area contributed by atoms with E-state index < -0.39 is 0 Å². The Morgan fingerprint density at radius 3 is 2.71 bits per heavy atom. The van der Waals surface area contributed by atoms with Crippen LogP contribution in [-0.2, 0) is 0 Å². The Morgan fingerprint density at radius 2 is 2.06 bits per heavy atom. The number of aromatic nitrogens is 3. The quantitative estimate of drug-likeness (QED) is 0.880. The molecule has 0 saturated carbocycles. The Morgan fingerprint density at radius 1 is 1.29 bits per heavy atom. The standard InChI is InChI=1S/C13H20N4/c1-5-10(4)16-12-6-11-7-15-17(9(2)3)13(11)14-8-12/h6-10,16H,5H2,1-4H3. The highest BCUT2D eigenvalue weighted by Crippen LogP contribution is 2.19. The Labute approximate surface area is 102 Å². The van der Waals surface area contributed by atoms with Crippen LogP contribution in [0, 0.1) is 0 Å². The SMILES string of the molecule is CCC(C)Nc1cnc2c(cnn2C(C)C)c1. The Hall–Kier alpha value is -1.58. The molecule has 0 aromatic carbocycles. The normalized spacial score (nSPS) is 13.2. The maximum atomic E-state index is 4.49. The molecule has 2 rings (SSSR count). The molecule has 0 saturated heterocycles. The van der Waals surface area contributed by atoms with Crippen LogP contribution in [0.25, 0.3) is 11.0 Å². The van der Waals surface area contributed by atoms with Gasteiger partial charge in [-0.05, 0) is 33.3 Å². The summed E-state index contributed by atoms with van der Waals surface area (Å²) < 4.78 is 1.95. The van der Waals surface area contributed by atoms with E-state index in [9.17, 15) is 0 Å². The fourth-order valence-corrected chi connectivity index (χ4v) is 1.78. The second-order valence-electron chi connectivity index (χ2n) is 4.77. The molecule has 0 aliphatic carbocycles. The third kappa shape index (κ3) is 2.40. The lowest BCUT2D eigenvalue weighted by Gasteiger charge is -2.12. The molecule has 1 atom stereocenters. The van der Waals surface area contributed by atoms with E-state index in [1.807, 2.05) is 17.1 Å². The van der Waals surface area contributed by atoms with Crippen molar-refractivity contribution in [3.63, 3.8) is 0 Å². The average Bonchev–Trinajstić information content (AvgIpc) is 2.71. The largest absolute Gasteiger partial charge is 0.381 e. The van der Waals surface area contributed by atoms with Crippen molar-refractivity contribution in [2.45, 2.75) is 46.2 Å². The summed E-state index contributed by atoms with van der Waals surface area (Å²) in [6, 6.07) is 2.92. The predicted octanol–water partition coefficient (Wildman–Crippen LogP) is 3.22. The van der Waals surface area contributed by atoms with Crippen LogP contribution in [0.15, 0.2) is 18.5 Å². The molecular formula is C13H20N4. The zero-order valence-electron chi connectivity index (χ0n) is 10.9. The van der Waals surface area contributed by atoms with Crippen molar-refractivity contribution in [3.05, 3.63) is 18.5 Å². The van der Waals surface area contributed by atoms with Crippen molar-refractivity contribution in [2.75, 3.05) is 5.32 Å². The summed E-state index contributed by atoms with van der Waals surface area (Å²) >= 11 is 0. The van der Waals surface area contributed by atoms with Crippen LogP contribution in [0.4, 0.5) is 5.69 Å². The van der Waals surface area contributed by atoms with Gasteiger partial charge in [0, 0.05) is 17.5 Å². The molecule has 0 amide bonds. The Balaban J connectivity index is 2.33. The smallest absolute Gasteiger partial charge is 0.158 e. The van der Waals surface area contributed by atoms with Gasteiger partial charge in [0.15, 0.2) is 5.65 Å². The minimum Gasteiger partial charge on any atom is -0.381 e. The second kappa shape index (κ2) is 4.73. The Kier molecular flexibility index (Phi) is 3.31. The monoisotopic (exact) mass is 232 g/mol. The molecule has 17 heavy (non-hydrogen) atoms. The molecule has 92 valence electrons. The number of rotatable bonds is 4. The fourth-order valence-electron chi connectivity index (χ4n) is 1.78. The first-order valence-electron chi connectivity index (χ1n) is 6.21. The number of pyridine rings is 1. The molecule has 4 heteroatoms. The van der Waals surface area contributed by atoms with Crippen molar-refractivity contribution in [1.29, 1.82) is 0 Å². The van der Waals surface area contributed by atoms with Gasteiger partial charge in [0.05, 0.1) is 18.1 Å². The topological polar surface area (TPSA) is 42.7 Å². The molecule has 0 spiro atoms. The van der Waals surface area contributed by atoms with Crippen LogP contribution in [0.2, 0.25) is 0 Å². The van der Waals surface area contributed by atoms with Gasteiger partial charge < -0.3 is 5.32 Å². The van der Waals surface area contributed by atoms with Gasteiger partial charge in [-0.1, -0.05) is 6.92 Å². The molecular weight excluding hydrogens is 212 g/mol. The number of hydrogen-bond acceptors (Lipinski definition) is 3. The van der Waals surface area contributed by atoms with Gasteiger partial charge in [0.2, 0.25) is 0 Å². The molecule has 2 heterocycles. The summed E-state index contributed by atoms with van der Waals surface area (Å²) in [5.41, 5.74) is 2.02. The van der Waals surface area contributed by atoms with E-state index in [1.54, 1.807) is 0 Å². The van der Waals surface area contributed by atoms with Crippen molar-refractivity contribution in [1.82, 2.24) is 14.8 Å². The van der Waals surface area contributed by atoms with Crippen LogP contribution >= 0.6 is 0 Å². The Bertz CT molecular complexity index is 501. The maximum Gasteiger partial charge on any atom is 0.158 e. The van der Waals surface area contributed by atoms with E-state index in [0.29, 0.717) is 12.1 Å². The minimum atomic E-state index is 0.341. The van der Waals surface area contributed by atoms with E-state index in [4.69, 9.17) is 0 Å². The van der Waals surface area contributed by atoms with Crippen LogP contribution in [0.5, 0.6) is 0 Å². The van der Waals surface area contributed by atoms with Crippen molar-refractivity contribution < 1.29 is 0 Å². The van der Waals surface area contributed by atoms with Crippen LogP contribution in [0.1, 0.15) is 40.2 Å². The molecule has 0 fully saturated rings. The number of fused-ring (bicyclic) bond motifs is 1. The van der Waals surface area contributed by atoms with Gasteiger partial charge in [-0.2, -0.15) is 5.10 Å². The van der Waals surface area contributed by atoms with E-state index in [2.05, 4.69) is 49.2 Å². The van der Waals surface area contributed by atoms with Crippen molar-refractivity contribution >= 4 is 16.7 Å². The first kappa shape index (κ1) is 11.9. The third-order valence-electron chi connectivity index (χ3n) is 2.95. The highest BCUT2D eigenvalue weighted by molar-refractivity contribution is 5.78. The molecule has 1 unspecified atom stereocenters. The molecule has 0 aliphatic rings. The highest BCUT2D eigenvalue weighted by atomic mass is 15.3. The van der Waals surface area contributed by atoms with Crippen molar-refractivity contribution in [3.8, 4) is 0 Å². The van der Waals surface area contributed by atoms with Gasteiger partial charge in [-0.15, -0.1) is 0 Å². The van der Waals surface area contributed by atoms with Gasteiger partial charge in [-0.25, -0.2) is 9.67 Å². The minimum absolute atomic E-state index is 0.341. The molecule has 0 bridgehead atoms. The van der Waals surface area contributed by atoms with E-state index >= 15 is 0 Å². The molecule has 0 radical (unpaired) electrons. The van der Waals surface area contributed by atoms with Crippen LogP contribution < -0.4 is 5.32 Å². The summed E-state index contributed by atoms with van der Waals surface area (Å²) in [7, 11) is 0. The lowest BCUT2D eigenvalue weighted by molar-refractivity contribution is 0.546. The lowest BCUT2D eigenvalue weighted by Crippen LogP contribution is -2.13. The van der Waals surface area contributed by atoms with Gasteiger partial charge in [0.25, 0.3) is 0 Å². The van der Waals surface area contributed by atoms with Crippen LogP contribution in [0.3, 0.4) is 0 Å². The van der Waals surface area contributed by atoms with Gasteiger partial charge in [-0.3, -0.25) is 0 Å². The van der Waals surface area contributed by atoms with Gasteiger partial charge in [0.1, 0.15) is 0 Å². The number of nitrogens with zero attached hydrogens (tertiary/aromatic N) is 3. The molecule has 2 aromatic heterocycles. The predicted molar refractivity (Wildman–Crippen MR) is 71.3 cm³/mol. The second-order valence-corrected chi connectivity index (χ2v) is 4.77.